The Kier molecular flexibility index (Phi) is 4.14. The van der Waals surface area contributed by atoms with Gasteiger partial charge in [0.05, 0.1) is 17.9 Å². The molecule has 1 aromatic carbocycles. The van der Waals surface area contributed by atoms with Crippen molar-refractivity contribution in [2.75, 3.05) is 7.05 Å². The van der Waals surface area contributed by atoms with E-state index < -0.39 is 0 Å². The van der Waals surface area contributed by atoms with E-state index in [0.717, 1.165) is 16.7 Å². The minimum Gasteiger partial charge on any atom is -0.308 e. The van der Waals surface area contributed by atoms with Crippen molar-refractivity contribution in [2.45, 2.75) is 26.4 Å². The van der Waals surface area contributed by atoms with Crippen LogP contribution in [-0.2, 0) is 6.54 Å². The molecule has 2 aromatic rings. The highest BCUT2D eigenvalue weighted by Crippen LogP contribution is 2.25. The maximum Gasteiger partial charge on any atom is 0.0801 e. The molecule has 96 valence electrons. The van der Waals surface area contributed by atoms with Crippen LogP contribution in [0.2, 0.25) is 0 Å². The molecule has 4 nitrogen and oxygen atoms in total. The minimum atomic E-state index is 0.117. The Morgan fingerprint density at radius 1 is 1.44 bits per heavy atom. The van der Waals surface area contributed by atoms with Crippen molar-refractivity contribution in [3.05, 3.63) is 45.7 Å². The second-order valence-corrected chi connectivity index (χ2v) is 5.06. The zero-order valence-corrected chi connectivity index (χ0v) is 12.4. The highest BCUT2D eigenvalue weighted by atomic mass is 79.9. The third-order valence-corrected chi connectivity index (χ3v) is 3.94. The summed E-state index contributed by atoms with van der Waals surface area (Å²) in [6, 6.07) is 6.49. The third-order valence-electron chi connectivity index (χ3n) is 3.05. The van der Waals surface area contributed by atoms with Gasteiger partial charge in [-0.15, -0.1) is 5.10 Å². The molecule has 0 saturated heterocycles. The number of aryl methyl sites for hydroxylation is 2. The molecule has 1 atom stereocenters. The molecule has 0 aliphatic carbocycles. The van der Waals surface area contributed by atoms with Gasteiger partial charge in [-0.25, -0.2) is 4.68 Å². The second kappa shape index (κ2) is 5.63. The number of hydrogen-bond acceptors (Lipinski definition) is 3. The van der Waals surface area contributed by atoms with Crippen LogP contribution in [0.1, 0.15) is 29.8 Å². The molecular formula is C13H17BrN4. The van der Waals surface area contributed by atoms with Crippen molar-refractivity contribution >= 4 is 15.9 Å². The van der Waals surface area contributed by atoms with Gasteiger partial charge in [-0.05, 0) is 38.1 Å². The van der Waals surface area contributed by atoms with E-state index in [9.17, 15) is 0 Å². The van der Waals surface area contributed by atoms with Gasteiger partial charge in [0.2, 0.25) is 0 Å². The van der Waals surface area contributed by atoms with Gasteiger partial charge in [0, 0.05) is 11.0 Å². The Bertz CT molecular complexity index is 536. The summed E-state index contributed by atoms with van der Waals surface area (Å²) in [5, 5.41) is 11.4. The molecular weight excluding hydrogens is 292 g/mol. The van der Waals surface area contributed by atoms with Gasteiger partial charge in [0.25, 0.3) is 0 Å². The van der Waals surface area contributed by atoms with E-state index in [1.807, 2.05) is 17.9 Å². The first kappa shape index (κ1) is 13.2. The first-order valence-corrected chi connectivity index (χ1v) is 6.78. The molecule has 0 aliphatic heterocycles. The van der Waals surface area contributed by atoms with Crippen molar-refractivity contribution in [1.29, 1.82) is 0 Å². The maximum atomic E-state index is 4.09. The van der Waals surface area contributed by atoms with Crippen molar-refractivity contribution in [1.82, 2.24) is 20.3 Å². The predicted octanol–water partition coefficient (Wildman–Crippen LogP) is 2.68. The zero-order valence-electron chi connectivity index (χ0n) is 10.8. The molecule has 1 N–H and O–H groups in total. The fourth-order valence-electron chi connectivity index (χ4n) is 2.07. The molecule has 0 amide bonds. The molecule has 1 heterocycles. The van der Waals surface area contributed by atoms with Gasteiger partial charge < -0.3 is 5.32 Å². The number of aromatic nitrogens is 3. The maximum absolute atomic E-state index is 4.09. The van der Waals surface area contributed by atoms with E-state index in [2.05, 4.69) is 63.6 Å². The quantitative estimate of drug-likeness (QED) is 0.944. The summed E-state index contributed by atoms with van der Waals surface area (Å²) in [6.07, 6.45) is 1.82. The number of hydrogen-bond donors (Lipinski definition) is 1. The Morgan fingerprint density at radius 2 is 2.22 bits per heavy atom. The van der Waals surface area contributed by atoms with Gasteiger partial charge in [0.1, 0.15) is 0 Å². The first-order chi connectivity index (χ1) is 8.67. The molecule has 0 bridgehead atoms. The average molecular weight is 309 g/mol. The molecule has 0 aliphatic rings. The molecule has 2 rings (SSSR count). The van der Waals surface area contributed by atoms with Crippen LogP contribution in [0.15, 0.2) is 28.9 Å². The van der Waals surface area contributed by atoms with Crippen LogP contribution in [0.25, 0.3) is 0 Å². The lowest BCUT2D eigenvalue weighted by Crippen LogP contribution is -2.21. The van der Waals surface area contributed by atoms with Gasteiger partial charge in [-0.3, -0.25) is 0 Å². The molecule has 0 radical (unpaired) electrons. The lowest BCUT2D eigenvalue weighted by molar-refractivity contribution is 0.552. The monoisotopic (exact) mass is 308 g/mol. The van der Waals surface area contributed by atoms with E-state index in [4.69, 9.17) is 0 Å². The van der Waals surface area contributed by atoms with E-state index in [1.165, 1.54) is 11.1 Å². The Labute approximate surface area is 116 Å². The number of rotatable bonds is 4. The SMILES string of the molecule is CCn1nncc1C(NC)c1ccc(Br)c(C)c1. The highest BCUT2D eigenvalue weighted by Gasteiger charge is 2.17. The smallest absolute Gasteiger partial charge is 0.0801 e. The van der Waals surface area contributed by atoms with Gasteiger partial charge in [-0.1, -0.05) is 33.3 Å². The van der Waals surface area contributed by atoms with Crippen LogP contribution < -0.4 is 5.32 Å². The summed E-state index contributed by atoms with van der Waals surface area (Å²) >= 11 is 3.53. The van der Waals surface area contributed by atoms with Crippen LogP contribution in [0, 0.1) is 6.92 Å². The van der Waals surface area contributed by atoms with Crippen molar-refractivity contribution in [2.24, 2.45) is 0 Å². The Balaban J connectivity index is 2.42. The summed E-state index contributed by atoms with van der Waals surface area (Å²) in [5.74, 6) is 0. The topological polar surface area (TPSA) is 42.7 Å². The van der Waals surface area contributed by atoms with Crippen LogP contribution in [0.4, 0.5) is 0 Å². The summed E-state index contributed by atoms with van der Waals surface area (Å²) in [6.45, 7) is 4.98. The summed E-state index contributed by atoms with van der Waals surface area (Å²) in [7, 11) is 1.95. The van der Waals surface area contributed by atoms with Crippen molar-refractivity contribution in [3.8, 4) is 0 Å². The molecule has 1 aromatic heterocycles. The van der Waals surface area contributed by atoms with Crippen LogP contribution in [0.3, 0.4) is 0 Å². The largest absolute Gasteiger partial charge is 0.308 e. The molecule has 0 saturated carbocycles. The second-order valence-electron chi connectivity index (χ2n) is 4.20. The zero-order chi connectivity index (χ0) is 13.1. The Morgan fingerprint density at radius 3 is 2.83 bits per heavy atom. The summed E-state index contributed by atoms with van der Waals surface area (Å²) < 4.78 is 3.04. The van der Waals surface area contributed by atoms with Crippen molar-refractivity contribution < 1.29 is 0 Å². The van der Waals surface area contributed by atoms with Crippen LogP contribution >= 0.6 is 15.9 Å². The fourth-order valence-corrected chi connectivity index (χ4v) is 2.31. The van der Waals surface area contributed by atoms with E-state index in [0.29, 0.717) is 0 Å². The fraction of sp³-hybridized carbons (Fsp3) is 0.385. The minimum absolute atomic E-state index is 0.117. The number of nitrogens with one attached hydrogen (secondary N) is 1. The molecule has 0 fully saturated rings. The molecule has 1 unspecified atom stereocenters. The van der Waals surface area contributed by atoms with Gasteiger partial charge in [0.15, 0.2) is 0 Å². The third kappa shape index (κ3) is 2.47. The summed E-state index contributed by atoms with van der Waals surface area (Å²) in [5.41, 5.74) is 3.53. The lowest BCUT2D eigenvalue weighted by Gasteiger charge is -2.18. The standard InChI is InChI=1S/C13H17BrN4/c1-4-18-12(8-16-17-18)13(15-3)10-5-6-11(14)9(2)7-10/h5-8,13,15H,4H2,1-3H3. The average Bonchev–Trinajstić information content (AvgIpc) is 2.83. The molecule has 18 heavy (non-hydrogen) atoms. The van der Waals surface area contributed by atoms with Crippen molar-refractivity contribution in [3.63, 3.8) is 0 Å². The number of nitrogens with zero attached hydrogens (tertiary/aromatic N) is 3. The normalized spacial score (nSPS) is 12.7. The van der Waals surface area contributed by atoms with Gasteiger partial charge >= 0.3 is 0 Å². The lowest BCUT2D eigenvalue weighted by atomic mass is 10.0. The van der Waals surface area contributed by atoms with Gasteiger partial charge in [-0.2, -0.15) is 0 Å². The van der Waals surface area contributed by atoms with E-state index in [-0.39, 0.29) is 6.04 Å². The Hall–Kier alpha value is -1.20. The van der Waals surface area contributed by atoms with Crippen LogP contribution in [0.5, 0.6) is 0 Å². The van der Waals surface area contributed by atoms with E-state index >= 15 is 0 Å². The first-order valence-electron chi connectivity index (χ1n) is 5.99. The molecule has 0 spiro atoms. The number of halogens is 1. The van der Waals surface area contributed by atoms with Crippen LogP contribution in [-0.4, -0.2) is 22.0 Å². The van der Waals surface area contributed by atoms with E-state index in [1.54, 1.807) is 0 Å². The predicted molar refractivity (Wildman–Crippen MR) is 75.5 cm³/mol. The highest BCUT2D eigenvalue weighted by molar-refractivity contribution is 9.10. The molecule has 5 heteroatoms. The number of benzene rings is 1. The summed E-state index contributed by atoms with van der Waals surface area (Å²) in [4.78, 5) is 0.